The van der Waals surface area contributed by atoms with Gasteiger partial charge in [-0.15, -0.1) is 5.26 Å². The lowest BCUT2D eigenvalue weighted by atomic mass is 10.1. The number of ether oxygens (including phenoxy) is 1. The number of hydrogen-bond donors (Lipinski definition) is 0. The molecule has 0 aromatic heterocycles. The van der Waals surface area contributed by atoms with Crippen LogP contribution in [0.1, 0.15) is 16.7 Å². The Balaban J connectivity index is 3.53. The number of nitriles is 1. The molecular formula is C10H8Br3NO. The first-order chi connectivity index (χ1) is 7.04. The highest BCUT2D eigenvalue weighted by Gasteiger charge is 2.17. The Labute approximate surface area is 114 Å². The van der Waals surface area contributed by atoms with Gasteiger partial charge in [0.15, 0.2) is 0 Å². The zero-order valence-electron chi connectivity index (χ0n) is 8.20. The van der Waals surface area contributed by atoms with Crippen LogP contribution < -0.4 is 4.74 Å². The third-order valence-corrected chi connectivity index (χ3v) is 4.86. The summed E-state index contributed by atoms with van der Waals surface area (Å²) in [6.07, 6.45) is 1.70. The number of halogens is 3. The first-order valence-electron chi connectivity index (χ1n) is 4.13. The summed E-state index contributed by atoms with van der Waals surface area (Å²) in [5.41, 5.74) is 2.99. The van der Waals surface area contributed by atoms with Crippen LogP contribution in [-0.2, 0) is 5.33 Å². The Hall–Kier alpha value is -0.0500. The van der Waals surface area contributed by atoms with Crippen molar-refractivity contribution < 1.29 is 4.74 Å². The summed E-state index contributed by atoms with van der Waals surface area (Å²) in [5.74, 6) is 0.612. The van der Waals surface area contributed by atoms with E-state index in [1.54, 1.807) is 6.26 Å². The van der Waals surface area contributed by atoms with Gasteiger partial charge in [0.1, 0.15) is 5.75 Å². The van der Waals surface area contributed by atoms with Crippen LogP contribution >= 0.6 is 47.8 Å². The van der Waals surface area contributed by atoms with Gasteiger partial charge in [0.25, 0.3) is 6.26 Å². The van der Waals surface area contributed by atoms with E-state index in [1.165, 1.54) is 0 Å². The van der Waals surface area contributed by atoms with Crippen LogP contribution in [-0.4, -0.2) is 0 Å². The Bertz CT molecular complexity index is 408. The predicted molar refractivity (Wildman–Crippen MR) is 70.2 cm³/mol. The standard InChI is InChI=1S/C10H8Br3NO/c1-5-8(12)7(3-11)9(13)6(2)10(5)15-4-14/h3H2,1-2H3. The van der Waals surface area contributed by atoms with Crippen molar-refractivity contribution >= 4 is 47.8 Å². The molecule has 0 unspecified atom stereocenters. The van der Waals surface area contributed by atoms with E-state index in [9.17, 15) is 0 Å². The summed E-state index contributed by atoms with van der Waals surface area (Å²) in [6.45, 7) is 3.84. The van der Waals surface area contributed by atoms with E-state index < -0.39 is 0 Å². The molecule has 15 heavy (non-hydrogen) atoms. The summed E-state index contributed by atoms with van der Waals surface area (Å²) in [5, 5.41) is 9.30. The molecule has 0 aliphatic rings. The van der Waals surface area contributed by atoms with Crippen molar-refractivity contribution in [1.29, 1.82) is 5.26 Å². The highest BCUT2D eigenvalue weighted by atomic mass is 79.9. The van der Waals surface area contributed by atoms with Crippen LogP contribution in [0.4, 0.5) is 0 Å². The van der Waals surface area contributed by atoms with Gasteiger partial charge in [-0.05, 0) is 19.4 Å². The molecule has 0 amide bonds. The second kappa shape index (κ2) is 5.33. The maximum absolute atomic E-state index is 8.56. The van der Waals surface area contributed by atoms with Crippen LogP contribution in [0.3, 0.4) is 0 Å². The molecule has 0 saturated carbocycles. The van der Waals surface area contributed by atoms with E-state index in [0.29, 0.717) is 5.75 Å². The molecule has 5 heteroatoms. The van der Waals surface area contributed by atoms with Gasteiger partial charge in [-0.25, -0.2) is 0 Å². The summed E-state index contributed by atoms with van der Waals surface area (Å²) in [7, 11) is 0. The molecular weight excluding hydrogens is 390 g/mol. The third kappa shape index (κ3) is 2.38. The molecule has 0 heterocycles. The van der Waals surface area contributed by atoms with Crippen molar-refractivity contribution in [3.63, 3.8) is 0 Å². The van der Waals surface area contributed by atoms with Crippen molar-refractivity contribution in [3.8, 4) is 12.0 Å². The van der Waals surface area contributed by atoms with Gasteiger partial charge in [0.05, 0.1) is 0 Å². The molecule has 1 aromatic carbocycles. The lowest BCUT2D eigenvalue weighted by Crippen LogP contribution is -1.97. The van der Waals surface area contributed by atoms with Gasteiger partial charge < -0.3 is 4.74 Å². The second-order valence-electron chi connectivity index (χ2n) is 3.01. The second-order valence-corrected chi connectivity index (χ2v) is 5.16. The Morgan fingerprint density at radius 1 is 1.20 bits per heavy atom. The van der Waals surface area contributed by atoms with E-state index in [4.69, 9.17) is 10.00 Å². The molecule has 1 rings (SSSR count). The topological polar surface area (TPSA) is 33.0 Å². The highest BCUT2D eigenvalue weighted by Crippen LogP contribution is 2.40. The molecule has 0 aliphatic heterocycles. The van der Waals surface area contributed by atoms with Crippen LogP contribution in [0.25, 0.3) is 0 Å². The molecule has 0 spiro atoms. The fourth-order valence-electron chi connectivity index (χ4n) is 1.35. The maximum Gasteiger partial charge on any atom is 0.292 e. The van der Waals surface area contributed by atoms with Crippen LogP contribution in [0.5, 0.6) is 5.75 Å². The van der Waals surface area contributed by atoms with E-state index in [2.05, 4.69) is 47.8 Å². The first kappa shape index (κ1) is 13.0. The minimum atomic E-state index is 0.612. The fraction of sp³-hybridized carbons (Fsp3) is 0.300. The average molecular weight is 398 g/mol. The van der Waals surface area contributed by atoms with Gasteiger partial charge in [-0.2, -0.15) is 0 Å². The maximum atomic E-state index is 8.56. The van der Waals surface area contributed by atoms with Crippen molar-refractivity contribution in [2.75, 3.05) is 0 Å². The molecule has 1 aromatic rings. The fourth-order valence-corrected chi connectivity index (χ4v) is 3.96. The van der Waals surface area contributed by atoms with Gasteiger partial charge in [0, 0.05) is 25.4 Å². The van der Waals surface area contributed by atoms with Gasteiger partial charge in [-0.3, -0.25) is 0 Å². The molecule has 0 atom stereocenters. The minimum absolute atomic E-state index is 0.612. The van der Waals surface area contributed by atoms with Gasteiger partial charge in [-0.1, -0.05) is 47.8 Å². The van der Waals surface area contributed by atoms with E-state index in [-0.39, 0.29) is 0 Å². The molecule has 0 N–H and O–H groups in total. The average Bonchev–Trinajstić information content (AvgIpc) is 2.23. The SMILES string of the molecule is Cc1c(Br)c(CBr)c(Br)c(C)c1OC#N. The summed E-state index contributed by atoms with van der Waals surface area (Å²) in [4.78, 5) is 0. The minimum Gasteiger partial charge on any atom is -0.387 e. The normalized spacial score (nSPS) is 9.87. The number of rotatable bonds is 2. The number of alkyl halides is 1. The lowest BCUT2D eigenvalue weighted by molar-refractivity contribution is 0.497. The number of hydrogen-bond acceptors (Lipinski definition) is 2. The van der Waals surface area contributed by atoms with Gasteiger partial charge in [0.2, 0.25) is 0 Å². The summed E-state index contributed by atoms with van der Waals surface area (Å²) in [6, 6.07) is 0. The largest absolute Gasteiger partial charge is 0.387 e. The monoisotopic (exact) mass is 395 g/mol. The molecule has 0 saturated heterocycles. The molecule has 0 aliphatic carbocycles. The quantitative estimate of drug-likeness (QED) is 0.540. The van der Waals surface area contributed by atoms with Gasteiger partial charge >= 0.3 is 0 Å². The zero-order chi connectivity index (χ0) is 11.6. The van der Waals surface area contributed by atoms with E-state index in [0.717, 1.165) is 31.0 Å². The van der Waals surface area contributed by atoms with Crippen LogP contribution in [0.15, 0.2) is 8.95 Å². The number of benzene rings is 1. The summed E-state index contributed by atoms with van der Waals surface area (Å²) < 4.78 is 6.88. The smallest absolute Gasteiger partial charge is 0.292 e. The van der Waals surface area contributed by atoms with Crippen molar-refractivity contribution in [1.82, 2.24) is 0 Å². The molecule has 2 nitrogen and oxygen atoms in total. The lowest BCUT2D eigenvalue weighted by Gasteiger charge is -2.14. The van der Waals surface area contributed by atoms with Crippen LogP contribution in [0, 0.1) is 25.4 Å². The Morgan fingerprint density at radius 2 is 1.67 bits per heavy atom. The zero-order valence-corrected chi connectivity index (χ0v) is 13.0. The summed E-state index contributed by atoms with van der Waals surface area (Å²) >= 11 is 10.4. The Kier molecular flexibility index (Phi) is 4.63. The molecule has 80 valence electrons. The highest BCUT2D eigenvalue weighted by molar-refractivity contribution is 9.11. The van der Waals surface area contributed by atoms with Crippen molar-refractivity contribution in [3.05, 3.63) is 25.6 Å². The third-order valence-electron chi connectivity index (χ3n) is 2.15. The molecule has 0 radical (unpaired) electrons. The predicted octanol–water partition coefficient (Wildman–Crippen LogP) is 4.58. The Morgan fingerprint density at radius 3 is 2.00 bits per heavy atom. The van der Waals surface area contributed by atoms with Crippen molar-refractivity contribution in [2.45, 2.75) is 19.2 Å². The first-order valence-corrected chi connectivity index (χ1v) is 6.84. The molecule has 0 bridgehead atoms. The van der Waals surface area contributed by atoms with E-state index >= 15 is 0 Å². The number of nitrogens with zero attached hydrogens (tertiary/aromatic N) is 1. The van der Waals surface area contributed by atoms with Crippen LogP contribution in [0.2, 0.25) is 0 Å². The van der Waals surface area contributed by atoms with E-state index in [1.807, 2.05) is 13.8 Å². The molecule has 0 fully saturated rings. The van der Waals surface area contributed by atoms with Crippen molar-refractivity contribution in [2.24, 2.45) is 0 Å².